The minimum absolute atomic E-state index is 0.0275. The summed E-state index contributed by atoms with van der Waals surface area (Å²) in [6.45, 7) is 20.9. The monoisotopic (exact) mass is 996 g/mol. The lowest BCUT2D eigenvalue weighted by molar-refractivity contribution is -0.283. The number of fused-ring (bicyclic) bond motifs is 1. The van der Waals surface area contributed by atoms with Crippen LogP contribution in [-0.2, 0) is 66.1 Å². The molecule has 4 rings (SSSR count). The number of hydrogen-bond acceptors (Lipinski definition) is 19. The van der Waals surface area contributed by atoms with Crippen molar-refractivity contribution < 1.29 is 66.1 Å². The number of amides is 2. The van der Waals surface area contributed by atoms with Gasteiger partial charge in [0.15, 0.2) is 29.8 Å². The molecule has 3 N–H and O–H groups in total. The van der Waals surface area contributed by atoms with E-state index in [0.717, 1.165) is 0 Å². The highest BCUT2D eigenvalue weighted by Crippen LogP contribution is 2.50. The molecule has 4 heterocycles. The van der Waals surface area contributed by atoms with Gasteiger partial charge in [0.05, 0.1) is 51.3 Å². The van der Waals surface area contributed by atoms with Gasteiger partial charge < -0.3 is 52.3 Å². The van der Waals surface area contributed by atoms with Crippen LogP contribution in [-0.4, -0.2) is 149 Å². The third-order valence-electron chi connectivity index (χ3n) is 11.1. The first kappa shape index (κ1) is 57.4. The molecule has 24 heteroatoms. The molecule has 69 heavy (non-hydrogen) atoms. The Kier molecular flexibility index (Phi) is 23.8. The van der Waals surface area contributed by atoms with E-state index in [1.54, 1.807) is 18.4 Å². The van der Waals surface area contributed by atoms with Gasteiger partial charge in [0, 0.05) is 57.3 Å². The van der Waals surface area contributed by atoms with Crippen molar-refractivity contribution in [2.24, 2.45) is 11.8 Å². The Morgan fingerprint density at radius 3 is 2.26 bits per heavy atom. The molecule has 0 spiro atoms. The first-order valence-corrected chi connectivity index (χ1v) is 24.8. The SMILES string of the molecule is CCC1OC(OCCCCC(=O)NCCOCCOCO[C@@H]2[C@H](OP(OCCC#N)N(C(C)C)C(C)C)[C@@H](C)O[C@H]2n2cnc3c(=O)[nH]c(NC(=O)C(C)C)nc32)C(C)C(OC(C)=O)C1OC(C)=O. The zero-order chi connectivity index (χ0) is 50.8. The highest BCUT2D eigenvalue weighted by molar-refractivity contribution is 7.44. The minimum atomic E-state index is -1.72. The van der Waals surface area contributed by atoms with Crippen molar-refractivity contribution in [1.29, 1.82) is 5.26 Å². The van der Waals surface area contributed by atoms with Gasteiger partial charge in [0.1, 0.15) is 31.2 Å². The van der Waals surface area contributed by atoms with Crippen LogP contribution in [0.25, 0.3) is 11.2 Å². The Balaban J connectivity index is 1.28. The standard InChI is InChI=1S/C45H73N8O15P/c1-12-33-38(66-32(11)55)36(65-31(10)54)29(8)44(67-33)61-19-14-13-16-34(56)47-18-21-59-22-23-60-25-62-39-37(68-69(63-20-15-17-46)53(27(4)5)28(6)7)30(9)64-43(39)52-24-48-35-40(52)49-45(51-42(35)58)50-41(57)26(2)3/h24,26-30,33,36-39,43-44H,12-16,18-23,25H2,1-11H3,(H,47,56)(H2,49,50,51,57,58)/t29?,30-,33?,36?,37-,38?,39-,43-,44?,69?/m1/s1. The molecule has 2 aromatic heterocycles. The summed E-state index contributed by atoms with van der Waals surface area (Å²) >= 11 is 0. The van der Waals surface area contributed by atoms with E-state index in [4.69, 9.17) is 46.9 Å². The lowest BCUT2D eigenvalue weighted by Crippen LogP contribution is -2.57. The first-order valence-electron chi connectivity index (χ1n) is 23.7. The summed E-state index contributed by atoms with van der Waals surface area (Å²) in [5.41, 5.74) is -0.377. The average molecular weight is 997 g/mol. The lowest BCUT2D eigenvalue weighted by Gasteiger charge is -2.44. The van der Waals surface area contributed by atoms with Crippen molar-refractivity contribution in [1.82, 2.24) is 29.5 Å². The molecule has 0 bridgehead atoms. The molecule has 2 aliphatic rings. The number of anilines is 1. The maximum absolute atomic E-state index is 13.1. The number of nitriles is 1. The summed E-state index contributed by atoms with van der Waals surface area (Å²) in [6, 6.07) is 2.17. The number of unbranched alkanes of at least 4 members (excludes halogenated alkanes) is 1. The van der Waals surface area contributed by atoms with E-state index >= 15 is 0 Å². The van der Waals surface area contributed by atoms with Gasteiger partial charge in [-0.2, -0.15) is 10.2 Å². The van der Waals surface area contributed by atoms with Crippen LogP contribution in [0.3, 0.4) is 0 Å². The number of nitrogens with zero attached hydrogens (tertiary/aromatic N) is 5. The number of carbonyl (C=O) groups is 4. The van der Waals surface area contributed by atoms with Crippen LogP contribution in [0.2, 0.25) is 0 Å². The molecule has 0 saturated carbocycles. The van der Waals surface area contributed by atoms with E-state index in [1.165, 1.54) is 20.2 Å². The van der Waals surface area contributed by atoms with E-state index < -0.39 is 81.1 Å². The Morgan fingerprint density at radius 1 is 0.913 bits per heavy atom. The highest BCUT2D eigenvalue weighted by atomic mass is 31.2. The van der Waals surface area contributed by atoms with Crippen LogP contribution in [0.4, 0.5) is 5.95 Å². The van der Waals surface area contributed by atoms with Crippen molar-refractivity contribution in [3.63, 3.8) is 0 Å². The number of hydrogen-bond donors (Lipinski definition) is 3. The number of esters is 2. The molecule has 2 aliphatic heterocycles. The van der Waals surface area contributed by atoms with Crippen LogP contribution in [0.1, 0.15) is 114 Å². The van der Waals surface area contributed by atoms with Gasteiger partial charge in [-0.25, -0.2) is 9.65 Å². The smallest absolute Gasteiger partial charge is 0.303 e. The zero-order valence-corrected chi connectivity index (χ0v) is 42.7. The van der Waals surface area contributed by atoms with Gasteiger partial charge >= 0.3 is 11.9 Å². The van der Waals surface area contributed by atoms with E-state index in [-0.39, 0.29) is 93.0 Å². The third-order valence-corrected chi connectivity index (χ3v) is 13.2. The number of ether oxygens (including phenoxy) is 8. The van der Waals surface area contributed by atoms with Crippen LogP contribution in [0.15, 0.2) is 11.1 Å². The topological polar surface area (TPSA) is 275 Å². The van der Waals surface area contributed by atoms with E-state index in [0.29, 0.717) is 32.4 Å². The number of aromatic amines is 1. The molecule has 0 aromatic carbocycles. The number of carbonyl (C=O) groups excluding carboxylic acids is 4. The van der Waals surface area contributed by atoms with Gasteiger partial charge in [-0.1, -0.05) is 27.7 Å². The normalized spacial score (nSPS) is 24.2. The van der Waals surface area contributed by atoms with Gasteiger partial charge in [-0.15, -0.1) is 0 Å². The van der Waals surface area contributed by atoms with Crippen LogP contribution >= 0.6 is 8.53 Å². The van der Waals surface area contributed by atoms with Gasteiger partial charge in [0.25, 0.3) is 14.1 Å². The summed E-state index contributed by atoms with van der Waals surface area (Å²) < 4.78 is 64.1. The largest absolute Gasteiger partial charge is 0.458 e. The predicted molar refractivity (Wildman–Crippen MR) is 250 cm³/mol. The van der Waals surface area contributed by atoms with Crippen molar-refractivity contribution in [2.75, 3.05) is 51.7 Å². The molecule has 0 aliphatic carbocycles. The first-order chi connectivity index (χ1) is 32.9. The Morgan fingerprint density at radius 2 is 1.61 bits per heavy atom. The minimum Gasteiger partial charge on any atom is -0.458 e. The average Bonchev–Trinajstić information content (AvgIpc) is 3.84. The fourth-order valence-corrected chi connectivity index (χ4v) is 9.59. The van der Waals surface area contributed by atoms with Crippen molar-refractivity contribution in [3.8, 4) is 6.07 Å². The summed E-state index contributed by atoms with van der Waals surface area (Å²) in [5.74, 6) is -2.27. The number of nitrogens with one attached hydrogen (secondary N) is 3. The Labute approximate surface area is 405 Å². The molecule has 10 atom stereocenters. The molecule has 2 saturated heterocycles. The maximum atomic E-state index is 13.1. The maximum Gasteiger partial charge on any atom is 0.303 e. The second-order valence-electron chi connectivity index (χ2n) is 17.6. The zero-order valence-electron chi connectivity index (χ0n) is 41.8. The fourth-order valence-electron chi connectivity index (χ4n) is 7.78. The highest BCUT2D eigenvalue weighted by Gasteiger charge is 2.49. The second kappa shape index (κ2) is 28.6. The summed E-state index contributed by atoms with van der Waals surface area (Å²) in [4.78, 5) is 73.1. The quantitative estimate of drug-likeness (QED) is 0.0434. The summed E-state index contributed by atoms with van der Waals surface area (Å²) in [6.07, 6.45) is -2.20. The third kappa shape index (κ3) is 17.0. The second-order valence-corrected chi connectivity index (χ2v) is 19.0. The Hall–Kier alpha value is -4.21. The van der Waals surface area contributed by atoms with Crippen molar-refractivity contribution in [3.05, 3.63) is 16.7 Å². The molecule has 388 valence electrons. The van der Waals surface area contributed by atoms with Crippen LogP contribution in [0, 0.1) is 23.2 Å². The molecule has 2 amide bonds. The molecule has 0 radical (unpaired) electrons. The molecule has 6 unspecified atom stereocenters. The number of aromatic nitrogens is 4. The fraction of sp³-hybridized carbons (Fsp3) is 0.778. The van der Waals surface area contributed by atoms with Crippen molar-refractivity contribution >= 4 is 49.4 Å². The van der Waals surface area contributed by atoms with E-state index in [2.05, 4.69) is 36.3 Å². The van der Waals surface area contributed by atoms with Crippen LogP contribution in [0.5, 0.6) is 0 Å². The van der Waals surface area contributed by atoms with Crippen molar-refractivity contribution in [2.45, 2.75) is 169 Å². The molecular weight excluding hydrogens is 924 g/mol. The Bertz CT molecular complexity index is 2040. The number of H-pyrrole nitrogens is 1. The van der Waals surface area contributed by atoms with Gasteiger partial charge in [-0.3, -0.25) is 38.8 Å². The van der Waals surface area contributed by atoms with Crippen LogP contribution < -0.4 is 16.2 Å². The molecule has 2 aromatic rings. The van der Waals surface area contributed by atoms with Gasteiger partial charge in [0.2, 0.25) is 17.8 Å². The summed E-state index contributed by atoms with van der Waals surface area (Å²) in [7, 11) is -1.72. The number of rotatable bonds is 29. The summed E-state index contributed by atoms with van der Waals surface area (Å²) in [5, 5.41) is 14.7. The van der Waals surface area contributed by atoms with E-state index in [1.807, 2.05) is 48.5 Å². The molecule has 2 fully saturated rings. The van der Waals surface area contributed by atoms with Gasteiger partial charge in [-0.05, 0) is 53.9 Å². The van der Waals surface area contributed by atoms with E-state index in [9.17, 15) is 29.2 Å². The molecule has 23 nitrogen and oxygen atoms in total. The number of imidazole rings is 1. The molecular formula is C45H73N8O15P. The lowest BCUT2D eigenvalue weighted by atomic mass is 9.90. The predicted octanol–water partition coefficient (Wildman–Crippen LogP) is 4.61.